The normalized spacial score (nSPS) is 19.1. The summed E-state index contributed by atoms with van der Waals surface area (Å²) in [7, 11) is -1.97. The van der Waals surface area contributed by atoms with Crippen molar-refractivity contribution in [2.24, 2.45) is 12.5 Å². The lowest BCUT2D eigenvalue weighted by atomic mass is 9.83. The summed E-state index contributed by atoms with van der Waals surface area (Å²) >= 11 is 0. The molecular weight excluding hydrogens is 280 g/mol. The Morgan fingerprint density at radius 2 is 2.05 bits per heavy atom. The second-order valence-corrected chi connectivity index (χ2v) is 7.37. The summed E-state index contributed by atoms with van der Waals surface area (Å²) in [5.41, 5.74) is 6.16. The van der Waals surface area contributed by atoms with E-state index in [1.807, 2.05) is 0 Å². The molecule has 0 unspecified atom stereocenters. The number of hydrogen-bond donors (Lipinski definition) is 2. The van der Waals surface area contributed by atoms with Crippen LogP contribution in [0.25, 0.3) is 0 Å². The van der Waals surface area contributed by atoms with Crippen molar-refractivity contribution in [3.05, 3.63) is 5.69 Å². The third kappa shape index (κ3) is 2.97. The Morgan fingerprint density at radius 3 is 2.55 bits per heavy atom. The lowest BCUT2D eigenvalue weighted by Crippen LogP contribution is -2.39. The third-order valence-corrected chi connectivity index (χ3v) is 5.53. The standard InChI is InChI=1S/C12H22N4O3S/c1-9-10(11(13)15-16(9)3)20(17,18)14-8-12(2)4-6-19-7-5-12/h14H,4-8H2,1-3H3,(H2,13,15). The lowest BCUT2D eigenvalue weighted by Gasteiger charge is -2.33. The number of nitrogens with two attached hydrogens (primary N) is 1. The number of aryl methyl sites for hydroxylation is 1. The van der Waals surface area contributed by atoms with Gasteiger partial charge in [-0.15, -0.1) is 0 Å². The predicted octanol–water partition coefficient (Wildman–Crippen LogP) is 0.406. The summed E-state index contributed by atoms with van der Waals surface area (Å²) < 4.78 is 34.2. The van der Waals surface area contributed by atoms with Gasteiger partial charge in [0.25, 0.3) is 0 Å². The molecule has 1 aliphatic heterocycles. The largest absolute Gasteiger partial charge is 0.381 e. The van der Waals surface area contributed by atoms with Crippen molar-refractivity contribution < 1.29 is 13.2 Å². The smallest absolute Gasteiger partial charge is 0.246 e. The maximum atomic E-state index is 12.4. The molecule has 0 saturated carbocycles. The number of rotatable bonds is 4. The van der Waals surface area contributed by atoms with E-state index >= 15 is 0 Å². The van der Waals surface area contributed by atoms with E-state index in [0.717, 1.165) is 12.8 Å². The molecule has 0 bridgehead atoms. The van der Waals surface area contributed by atoms with E-state index in [0.29, 0.717) is 25.5 Å². The quantitative estimate of drug-likeness (QED) is 0.839. The Balaban J connectivity index is 2.15. The Hall–Kier alpha value is -1.12. The highest BCUT2D eigenvalue weighted by molar-refractivity contribution is 7.89. The van der Waals surface area contributed by atoms with E-state index in [1.165, 1.54) is 4.68 Å². The number of anilines is 1. The van der Waals surface area contributed by atoms with Crippen molar-refractivity contribution in [3.8, 4) is 0 Å². The van der Waals surface area contributed by atoms with Gasteiger partial charge in [-0.2, -0.15) is 5.10 Å². The summed E-state index contributed by atoms with van der Waals surface area (Å²) in [4.78, 5) is 0.0793. The number of nitrogens with one attached hydrogen (secondary N) is 1. The second-order valence-electron chi connectivity index (χ2n) is 5.67. The van der Waals surface area contributed by atoms with Crippen LogP contribution in [0.5, 0.6) is 0 Å². The molecule has 0 atom stereocenters. The minimum Gasteiger partial charge on any atom is -0.381 e. The first-order valence-electron chi connectivity index (χ1n) is 6.62. The monoisotopic (exact) mass is 302 g/mol. The van der Waals surface area contributed by atoms with E-state index < -0.39 is 10.0 Å². The molecule has 0 spiro atoms. The topological polar surface area (TPSA) is 99.2 Å². The van der Waals surface area contributed by atoms with Crippen LogP contribution in [-0.2, 0) is 21.8 Å². The van der Waals surface area contributed by atoms with Crippen molar-refractivity contribution in [1.82, 2.24) is 14.5 Å². The fourth-order valence-electron chi connectivity index (χ4n) is 2.33. The number of nitrogen functional groups attached to an aromatic ring is 1. The zero-order valence-corrected chi connectivity index (χ0v) is 13.0. The molecule has 1 aromatic rings. The summed E-state index contributed by atoms with van der Waals surface area (Å²) in [5.74, 6) is 0.0367. The van der Waals surface area contributed by atoms with E-state index in [1.54, 1.807) is 14.0 Å². The summed E-state index contributed by atoms with van der Waals surface area (Å²) in [5, 5.41) is 3.94. The zero-order valence-electron chi connectivity index (χ0n) is 12.1. The van der Waals surface area contributed by atoms with Crippen molar-refractivity contribution in [3.63, 3.8) is 0 Å². The van der Waals surface area contributed by atoms with Crippen LogP contribution in [0.3, 0.4) is 0 Å². The first kappa shape index (κ1) is 15.3. The predicted molar refractivity (Wildman–Crippen MR) is 75.7 cm³/mol. The van der Waals surface area contributed by atoms with E-state index in [9.17, 15) is 8.42 Å². The maximum absolute atomic E-state index is 12.4. The molecule has 2 rings (SSSR count). The van der Waals surface area contributed by atoms with Gasteiger partial charge in [0, 0.05) is 26.8 Å². The van der Waals surface area contributed by atoms with Crippen LogP contribution in [0.1, 0.15) is 25.5 Å². The van der Waals surface area contributed by atoms with Crippen molar-refractivity contribution in [1.29, 1.82) is 0 Å². The fraction of sp³-hybridized carbons (Fsp3) is 0.750. The van der Waals surface area contributed by atoms with Gasteiger partial charge >= 0.3 is 0 Å². The first-order valence-corrected chi connectivity index (χ1v) is 8.10. The molecule has 7 nitrogen and oxygen atoms in total. The molecule has 20 heavy (non-hydrogen) atoms. The molecule has 1 saturated heterocycles. The van der Waals surface area contributed by atoms with Gasteiger partial charge < -0.3 is 10.5 Å². The highest BCUT2D eigenvalue weighted by atomic mass is 32.2. The SMILES string of the molecule is Cc1c(S(=O)(=O)NCC2(C)CCOCC2)c(N)nn1C. The van der Waals surface area contributed by atoms with Crippen LogP contribution in [-0.4, -0.2) is 38.0 Å². The van der Waals surface area contributed by atoms with Crippen LogP contribution in [0, 0.1) is 12.3 Å². The minimum atomic E-state index is -3.64. The number of sulfonamides is 1. The highest BCUT2D eigenvalue weighted by Gasteiger charge is 2.31. The molecule has 0 radical (unpaired) electrons. The minimum absolute atomic E-state index is 0.0367. The van der Waals surface area contributed by atoms with Gasteiger partial charge in [0.1, 0.15) is 4.90 Å². The van der Waals surface area contributed by atoms with Crippen LogP contribution < -0.4 is 10.5 Å². The van der Waals surface area contributed by atoms with Gasteiger partial charge in [0.2, 0.25) is 10.0 Å². The molecule has 3 N–H and O–H groups in total. The van der Waals surface area contributed by atoms with Crippen molar-refractivity contribution >= 4 is 15.8 Å². The average Bonchev–Trinajstić information content (AvgIpc) is 2.63. The molecule has 0 aliphatic carbocycles. The Kier molecular flexibility index (Phi) is 4.08. The van der Waals surface area contributed by atoms with Gasteiger partial charge in [0.15, 0.2) is 5.82 Å². The molecular formula is C12H22N4O3S. The number of hydrogen-bond acceptors (Lipinski definition) is 5. The molecule has 0 amide bonds. The maximum Gasteiger partial charge on any atom is 0.246 e. The lowest BCUT2D eigenvalue weighted by molar-refractivity contribution is 0.0264. The highest BCUT2D eigenvalue weighted by Crippen LogP contribution is 2.30. The molecule has 1 fully saturated rings. The van der Waals surface area contributed by atoms with Gasteiger partial charge in [-0.05, 0) is 25.2 Å². The Labute approximate surface area is 119 Å². The van der Waals surface area contributed by atoms with Gasteiger partial charge in [-0.1, -0.05) is 6.92 Å². The van der Waals surface area contributed by atoms with Crippen LogP contribution in [0.15, 0.2) is 4.90 Å². The Morgan fingerprint density at radius 1 is 1.45 bits per heavy atom. The van der Waals surface area contributed by atoms with Crippen LogP contribution in [0.2, 0.25) is 0 Å². The summed E-state index contributed by atoms with van der Waals surface area (Å²) in [6.07, 6.45) is 1.69. The number of ether oxygens (including phenoxy) is 1. The molecule has 2 heterocycles. The fourth-order valence-corrected chi connectivity index (χ4v) is 3.85. The second kappa shape index (κ2) is 5.34. The Bertz CT molecular complexity index is 588. The van der Waals surface area contributed by atoms with Crippen molar-refractivity contribution in [2.45, 2.75) is 31.6 Å². The van der Waals surface area contributed by atoms with Crippen LogP contribution in [0.4, 0.5) is 5.82 Å². The third-order valence-electron chi connectivity index (χ3n) is 3.96. The van der Waals surface area contributed by atoms with Gasteiger partial charge in [0.05, 0.1) is 5.69 Å². The van der Waals surface area contributed by atoms with Crippen molar-refractivity contribution in [2.75, 3.05) is 25.5 Å². The van der Waals surface area contributed by atoms with E-state index in [-0.39, 0.29) is 16.1 Å². The molecule has 1 aliphatic rings. The van der Waals surface area contributed by atoms with Gasteiger partial charge in [-0.3, -0.25) is 4.68 Å². The van der Waals surface area contributed by atoms with Crippen LogP contribution >= 0.6 is 0 Å². The molecule has 8 heteroatoms. The zero-order chi connectivity index (χ0) is 15.0. The molecule has 1 aromatic heterocycles. The van der Waals surface area contributed by atoms with Gasteiger partial charge in [-0.25, -0.2) is 13.1 Å². The summed E-state index contributed by atoms with van der Waals surface area (Å²) in [6, 6.07) is 0. The summed E-state index contributed by atoms with van der Waals surface area (Å²) in [6.45, 7) is 5.48. The molecule has 114 valence electrons. The van der Waals surface area contributed by atoms with E-state index in [4.69, 9.17) is 10.5 Å². The first-order chi connectivity index (χ1) is 9.25. The number of nitrogens with zero attached hydrogens (tertiary/aromatic N) is 2. The average molecular weight is 302 g/mol. The number of aromatic nitrogens is 2. The van der Waals surface area contributed by atoms with E-state index in [2.05, 4.69) is 16.7 Å². The molecule has 0 aromatic carbocycles.